The first-order chi connectivity index (χ1) is 11.0. The van der Waals surface area contributed by atoms with Crippen LogP contribution in [0.3, 0.4) is 0 Å². The Morgan fingerprint density at radius 1 is 1.35 bits per heavy atom. The van der Waals surface area contributed by atoms with Crippen molar-refractivity contribution in [3.05, 3.63) is 0 Å². The summed E-state index contributed by atoms with van der Waals surface area (Å²) in [6, 6.07) is 0. The maximum atomic E-state index is 11.0. The first kappa shape index (κ1) is 16.6. The Balaban J connectivity index is 1.62. The zero-order valence-electron chi connectivity index (χ0n) is 12.4. The van der Waals surface area contributed by atoms with Gasteiger partial charge in [0.1, 0.15) is 18.3 Å². The lowest BCUT2D eigenvalue weighted by Crippen LogP contribution is -2.45. The third-order valence-corrected chi connectivity index (χ3v) is 4.79. The molecule has 9 heteroatoms. The third kappa shape index (κ3) is 2.94. The summed E-state index contributed by atoms with van der Waals surface area (Å²) < 4.78 is 21.9. The van der Waals surface area contributed by atoms with Crippen LogP contribution in [0.2, 0.25) is 0 Å². The second-order valence-corrected chi connectivity index (χ2v) is 6.14. The summed E-state index contributed by atoms with van der Waals surface area (Å²) in [5.41, 5.74) is 0. The highest BCUT2D eigenvalue weighted by Gasteiger charge is 2.59. The molecule has 0 aromatic heterocycles. The van der Waals surface area contributed by atoms with Crippen molar-refractivity contribution in [3.8, 4) is 0 Å². The van der Waals surface area contributed by atoms with Crippen LogP contribution in [0.4, 0.5) is 0 Å². The van der Waals surface area contributed by atoms with Crippen LogP contribution < -0.4 is 0 Å². The molecule has 9 nitrogen and oxygen atoms in total. The van der Waals surface area contributed by atoms with E-state index in [9.17, 15) is 19.8 Å². The third-order valence-electron chi connectivity index (χ3n) is 4.79. The quantitative estimate of drug-likeness (QED) is 0.542. The molecule has 3 rings (SSSR count). The molecule has 3 aliphatic rings. The topological polar surface area (TPSA) is 132 Å². The van der Waals surface area contributed by atoms with E-state index in [2.05, 4.69) is 0 Å². The molecule has 3 fully saturated rings. The fourth-order valence-electron chi connectivity index (χ4n) is 3.51. The molecule has 1 saturated carbocycles. The number of carboxylic acids is 1. The summed E-state index contributed by atoms with van der Waals surface area (Å²) in [6.45, 7) is -0.313. The average molecular weight is 332 g/mol. The van der Waals surface area contributed by atoms with Crippen molar-refractivity contribution in [2.24, 2.45) is 5.92 Å². The number of hydrogen-bond donors (Lipinski definition) is 3. The van der Waals surface area contributed by atoms with Crippen LogP contribution in [0.1, 0.15) is 25.7 Å². The molecule has 0 radical (unpaired) electrons. The monoisotopic (exact) mass is 332 g/mol. The van der Waals surface area contributed by atoms with Gasteiger partial charge in [-0.25, -0.2) is 0 Å². The Kier molecular flexibility index (Phi) is 4.56. The zero-order valence-corrected chi connectivity index (χ0v) is 12.4. The maximum Gasteiger partial charge on any atom is 0.306 e. The summed E-state index contributed by atoms with van der Waals surface area (Å²) in [5.74, 6) is -2.18. The SMILES string of the molecule is O=COC(CO)C1OC2OC3(CCC(C(=O)O)CC3)OC2C1O. The normalized spacial score (nSPS) is 44.0. The number of fused-ring (bicyclic) bond motifs is 1. The minimum atomic E-state index is -1.12. The molecule has 23 heavy (non-hydrogen) atoms. The maximum absolute atomic E-state index is 11.0. The number of carbonyl (C=O) groups excluding carboxylic acids is 1. The van der Waals surface area contributed by atoms with Crippen LogP contribution in [0, 0.1) is 5.92 Å². The van der Waals surface area contributed by atoms with E-state index >= 15 is 0 Å². The minimum Gasteiger partial charge on any atom is -0.481 e. The van der Waals surface area contributed by atoms with Crippen LogP contribution in [0.5, 0.6) is 0 Å². The van der Waals surface area contributed by atoms with Crippen LogP contribution in [0.25, 0.3) is 0 Å². The fourth-order valence-corrected chi connectivity index (χ4v) is 3.51. The fraction of sp³-hybridized carbons (Fsp3) is 0.857. The predicted molar refractivity (Wildman–Crippen MR) is 71.0 cm³/mol. The van der Waals surface area contributed by atoms with Crippen LogP contribution in [0.15, 0.2) is 0 Å². The number of ether oxygens (including phenoxy) is 4. The van der Waals surface area contributed by atoms with Gasteiger partial charge >= 0.3 is 5.97 Å². The molecule has 0 amide bonds. The largest absolute Gasteiger partial charge is 0.481 e. The van der Waals surface area contributed by atoms with Crippen LogP contribution >= 0.6 is 0 Å². The lowest BCUT2D eigenvalue weighted by atomic mass is 9.85. The zero-order chi connectivity index (χ0) is 16.6. The Morgan fingerprint density at radius 2 is 2.04 bits per heavy atom. The molecule has 0 bridgehead atoms. The van der Waals surface area contributed by atoms with Gasteiger partial charge < -0.3 is 34.3 Å². The summed E-state index contributed by atoms with van der Waals surface area (Å²) in [5, 5.41) is 28.6. The van der Waals surface area contributed by atoms with E-state index in [4.69, 9.17) is 24.1 Å². The summed E-state index contributed by atoms with van der Waals surface area (Å²) in [6.07, 6.45) is -2.96. The highest BCUT2D eigenvalue weighted by Crippen LogP contribution is 2.46. The van der Waals surface area contributed by atoms with Gasteiger partial charge in [-0.3, -0.25) is 9.59 Å². The van der Waals surface area contributed by atoms with Crippen molar-refractivity contribution in [3.63, 3.8) is 0 Å². The van der Waals surface area contributed by atoms with E-state index in [0.29, 0.717) is 25.7 Å². The number of aliphatic hydroxyl groups excluding tert-OH is 2. The van der Waals surface area contributed by atoms with Crippen LogP contribution in [-0.2, 0) is 28.5 Å². The average Bonchev–Trinajstić information content (AvgIpc) is 3.01. The molecule has 130 valence electrons. The van der Waals surface area contributed by atoms with E-state index < -0.39 is 55.0 Å². The van der Waals surface area contributed by atoms with E-state index in [-0.39, 0.29) is 6.47 Å². The van der Waals surface area contributed by atoms with Crippen molar-refractivity contribution in [2.75, 3.05) is 6.61 Å². The number of aliphatic carboxylic acids is 1. The van der Waals surface area contributed by atoms with Gasteiger partial charge in [-0.2, -0.15) is 0 Å². The van der Waals surface area contributed by atoms with Crippen molar-refractivity contribution in [1.82, 2.24) is 0 Å². The Labute approximate surface area is 132 Å². The first-order valence-electron chi connectivity index (χ1n) is 7.61. The predicted octanol–water partition coefficient (Wildman–Crippen LogP) is -1.01. The molecule has 1 spiro atoms. The molecule has 1 aliphatic carbocycles. The summed E-state index contributed by atoms with van der Waals surface area (Å²) in [4.78, 5) is 21.4. The number of hydrogen-bond acceptors (Lipinski definition) is 8. The number of aliphatic hydroxyl groups is 2. The molecule has 0 aromatic rings. The lowest BCUT2D eigenvalue weighted by Gasteiger charge is -2.36. The van der Waals surface area contributed by atoms with E-state index in [0.717, 1.165) is 0 Å². The molecule has 2 heterocycles. The molecule has 5 atom stereocenters. The van der Waals surface area contributed by atoms with Gasteiger partial charge in [0, 0.05) is 12.8 Å². The number of carbonyl (C=O) groups is 2. The number of rotatable bonds is 5. The highest BCUT2D eigenvalue weighted by atomic mass is 16.8. The van der Waals surface area contributed by atoms with E-state index in [1.165, 1.54) is 0 Å². The van der Waals surface area contributed by atoms with Gasteiger partial charge in [0.25, 0.3) is 6.47 Å². The van der Waals surface area contributed by atoms with Gasteiger partial charge in [0.2, 0.25) is 0 Å². The second-order valence-electron chi connectivity index (χ2n) is 6.14. The van der Waals surface area contributed by atoms with Crippen molar-refractivity contribution < 1.29 is 43.9 Å². The molecule has 0 aromatic carbocycles. The molecule has 3 N–H and O–H groups in total. The Bertz CT molecular complexity index is 459. The number of carboxylic acid groups (broad SMARTS) is 1. The van der Waals surface area contributed by atoms with Gasteiger partial charge in [0.05, 0.1) is 12.5 Å². The summed E-state index contributed by atoms with van der Waals surface area (Å²) in [7, 11) is 0. The molecule has 2 saturated heterocycles. The molecular formula is C14H20O9. The Hall–Kier alpha value is -1.26. The standard InChI is InChI=1S/C14H20O9/c15-5-8(20-6-16)10-9(17)11-13(21-10)23-14(22-11)3-1-7(2-4-14)12(18)19/h6-11,13,15,17H,1-5H2,(H,18,19). The second kappa shape index (κ2) is 6.33. The summed E-state index contributed by atoms with van der Waals surface area (Å²) >= 11 is 0. The Morgan fingerprint density at radius 3 is 2.57 bits per heavy atom. The van der Waals surface area contributed by atoms with Gasteiger partial charge in [-0.05, 0) is 12.8 Å². The minimum absolute atomic E-state index is 0.182. The molecule has 5 unspecified atom stereocenters. The van der Waals surface area contributed by atoms with Crippen molar-refractivity contribution in [2.45, 2.75) is 62.2 Å². The van der Waals surface area contributed by atoms with Gasteiger partial charge in [0.15, 0.2) is 18.2 Å². The lowest BCUT2D eigenvalue weighted by molar-refractivity contribution is -0.257. The van der Waals surface area contributed by atoms with Gasteiger partial charge in [-0.1, -0.05) is 0 Å². The van der Waals surface area contributed by atoms with Crippen molar-refractivity contribution in [1.29, 1.82) is 0 Å². The molecular weight excluding hydrogens is 312 g/mol. The van der Waals surface area contributed by atoms with Gasteiger partial charge in [-0.15, -0.1) is 0 Å². The van der Waals surface area contributed by atoms with E-state index in [1.807, 2.05) is 0 Å². The smallest absolute Gasteiger partial charge is 0.306 e. The first-order valence-corrected chi connectivity index (χ1v) is 7.61. The van der Waals surface area contributed by atoms with Crippen molar-refractivity contribution >= 4 is 12.4 Å². The van der Waals surface area contributed by atoms with Crippen LogP contribution in [-0.4, -0.2) is 70.9 Å². The molecule has 2 aliphatic heterocycles. The highest BCUT2D eigenvalue weighted by molar-refractivity contribution is 5.70. The van der Waals surface area contributed by atoms with E-state index in [1.54, 1.807) is 0 Å².